The summed E-state index contributed by atoms with van der Waals surface area (Å²) in [5.41, 5.74) is 7.83. The lowest BCUT2D eigenvalue weighted by molar-refractivity contribution is 0.102. The molecule has 3 aromatic rings. The Hall–Kier alpha value is -1.89. The van der Waals surface area contributed by atoms with E-state index in [9.17, 15) is 4.79 Å². The third-order valence-corrected chi connectivity index (χ3v) is 5.29. The molecule has 0 aliphatic heterocycles. The van der Waals surface area contributed by atoms with Gasteiger partial charge in [0.05, 0.1) is 38.3 Å². The average molecular weight is 382 g/mol. The van der Waals surface area contributed by atoms with Crippen molar-refractivity contribution >= 4 is 56.2 Å². The van der Waals surface area contributed by atoms with E-state index >= 15 is 0 Å². The normalized spacial score (nSPS) is 11.0. The third-order valence-electron chi connectivity index (χ3n) is 3.35. The highest BCUT2D eigenvalue weighted by atomic mass is 35.5. The molecule has 0 saturated carbocycles. The van der Waals surface area contributed by atoms with Crippen LogP contribution in [0.25, 0.3) is 21.5 Å². The van der Waals surface area contributed by atoms with E-state index in [1.54, 1.807) is 18.2 Å². The molecule has 0 radical (unpaired) electrons. The number of hydrogen-bond donors (Lipinski definition) is 1. The number of carbonyl (C=O) groups excluding carboxylic acids is 1. The minimum atomic E-state index is -0.117. The van der Waals surface area contributed by atoms with Crippen LogP contribution < -0.4 is 10.5 Å². The number of Topliss-reactive ketones (excluding diaryl/α,β-unsaturated/α-hetero) is 1. The predicted molar refractivity (Wildman–Crippen MR) is 98.5 cm³/mol. The summed E-state index contributed by atoms with van der Waals surface area (Å²) < 4.78 is 5.44. The molecule has 0 amide bonds. The van der Waals surface area contributed by atoms with Crippen molar-refractivity contribution in [3.8, 4) is 17.3 Å². The van der Waals surface area contributed by atoms with Gasteiger partial charge in [0, 0.05) is 12.5 Å². The lowest BCUT2D eigenvalue weighted by Crippen LogP contribution is -2.00. The second-order valence-electron chi connectivity index (χ2n) is 5.00. The van der Waals surface area contributed by atoms with Gasteiger partial charge < -0.3 is 10.5 Å². The Morgan fingerprint density at radius 3 is 2.67 bits per heavy atom. The molecule has 1 aromatic carbocycles. The summed E-state index contributed by atoms with van der Waals surface area (Å²) in [6.07, 6.45) is 0. The van der Waals surface area contributed by atoms with Crippen molar-refractivity contribution < 1.29 is 9.53 Å². The molecule has 2 heterocycles. The van der Waals surface area contributed by atoms with Crippen LogP contribution in [0, 0.1) is 0 Å². The second kappa shape index (κ2) is 6.55. The molecule has 2 aromatic heterocycles. The van der Waals surface area contributed by atoms with Gasteiger partial charge in [-0.2, -0.15) is 9.97 Å². The zero-order valence-electron chi connectivity index (χ0n) is 12.9. The first-order chi connectivity index (χ1) is 11.4. The first kappa shape index (κ1) is 17.0. The Kier molecular flexibility index (Phi) is 4.62. The summed E-state index contributed by atoms with van der Waals surface area (Å²) in [5, 5.41) is 1.46. The molecule has 0 spiro atoms. The number of carbonyl (C=O) groups is 1. The minimum Gasteiger partial charge on any atom is -0.464 e. The number of anilines is 1. The molecular weight excluding hydrogens is 369 g/mol. The van der Waals surface area contributed by atoms with E-state index in [0.29, 0.717) is 43.1 Å². The number of benzene rings is 1. The molecule has 8 heteroatoms. The van der Waals surface area contributed by atoms with Crippen molar-refractivity contribution in [3.63, 3.8) is 0 Å². The summed E-state index contributed by atoms with van der Waals surface area (Å²) in [6, 6.07) is 5.40. The van der Waals surface area contributed by atoms with E-state index in [1.165, 1.54) is 18.3 Å². The van der Waals surface area contributed by atoms with Crippen molar-refractivity contribution in [3.05, 3.63) is 33.1 Å². The van der Waals surface area contributed by atoms with Crippen molar-refractivity contribution in [2.75, 3.05) is 12.3 Å². The number of nitrogens with zero attached hydrogens (tertiary/aromatic N) is 2. The van der Waals surface area contributed by atoms with Gasteiger partial charge in [-0.15, -0.1) is 11.3 Å². The maximum atomic E-state index is 11.8. The maximum absolute atomic E-state index is 11.8. The molecule has 0 saturated heterocycles. The summed E-state index contributed by atoms with van der Waals surface area (Å²) in [7, 11) is 0. The van der Waals surface area contributed by atoms with Crippen LogP contribution in [0.15, 0.2) is 18.2 Å². The van der Waals surface area contributed by atoms with Gasteiger partial charge in [-0.25, -0.2) is 0 Å². The fourth-order valence-electron chi connectivity index (χ4n) is 2.31. The second-order valence-corrected chi connectivity index (χ2v) is 6.81. The van der Waals surface area contributed by atoms with Crippen molar-refractivity contribution in [2.24, 2.45) is 0 Å². The van der Waals surface area contributed by atoms with Gasteiger partial charge in [0.25, 0.3) is 0 Å². The highest BCUT2D eigenvalue weighted by Crippen LogP contribution is 2.40. The molecule has 0 aliphatic carbocycles. The molecule has 0 aliphatic rings. The zero-order valence-corrected chi connectivity index (χ0v) is 15.2. The molecular formula is C16H13Cl2N3O2S. The predicted octanol–water partition coefficient (Wildman–Crippen LogP) is 4.85. The number of thiophene rings is 1. The Morgan fingerprint density at radius 2 is 2.04 bits per heavy atom. The number of rotatable bonds is 4. The topological polar surface area (TPSA) is 78.1 Å². The lowest BCUT2D eigenvalue weighted by Gasteiger charge is -2.08. The first-order valence-electron chi connectivity index (χ1n) is 7.11. The SMILES string of the molecule is CCOc1nc(-c2ccc(Cl)c(Cl)c2)c2c(N)c(C(C)=O)sc2n1. The average Bonchev–Trinajstić information content (AvgIpc) is 2.87. The quantitative estimate of drug-likeness (QED) is 0.653. The van der Waals surface area contributed by atoms with E-state index in [1.807, 2.05) is 6.92 Å². The molecule has 0 fully saturated rings. The van der Waals surface area contributed by atoms with Crippen molar-refractivity contribution in [2.45, 2.75) is 13.8 Å². The van der Waals surface area contributed by atoms with Crippen LogP contribution in [-0.4, -0.2) is 22.4 Å². The van der Waals surface area contributed by atoms with E-state index in [-0.39, 0.29) is 11.8 Å². The summed E-state index contributed by atoms with van der Waals surface area (Å²) in [4.78, 5) is 21.6. The number of nitrogens with two attached hydrogens (primary N) is 1. The van der Waals surface area contributed by atoms with Crippen molar-refractivity contribution in [1.29, 1.82) is 0 Å². The highest BCUT2D eigenvalue weighted by Gasteiger charge is 2.21. The molecule has 2 N–H and O–H groups in total. The monoisotopic (exact) mass is 381 g/mol. The Bertz CT molecular complexity index is 956. The van der Waals surface area contributed by atoms with Crippen LogP contribution in [-0.2, 0) is 0 Å². The summed E-state index contributed by atoms with van der Waals surface area (Å²) in [6.45, 7) is 3.74. The number of fused-ring (bicyclic) bond motifs is 1. The van der Waals surface area contributed by atoms with Gasteiger partial charge in [0.15, 0.2) is 5.78 Å². The third kappa shape index (κ3) is 2.92. The Morgan fingerprint density at radius 1 is 1.29 bits per heavy atom. The minimum absolute atomic E-state index is 0.117. The molecule has 5 nitrogen and oxygen atoms in total. The summed E-state index contributed by atoms with van der Waals surface area (Å²) in [5.74, 6) is -0.117. The maximum Gasteiger partial charge on any atom is 0.318 e. The van der Waals surface area contributed by atoms with Crippen LogP contribution in [0.3, 0.4) is 0 Å². The Labute approximate surface area is 152 Å². The van der Waals surface area contributed by atoms with Crippen LogP contribution in [0.1, 0.15) is 23.5 Å². The summed E-state index contributed by atoms with van der Waals surface area (Å²) >= 11 is 13.3. The molecule has 0 bridgehead atoms. The Balaban J connectivity index is 2.34. The number of ketones is 1. The van der Waals surface area contributed by atoms with Crippen LogP contribution >= 0.6 is 34.5 Å². The van der Waals surface area contributed by atoms with E-state index in [0.717, 1.165) is 5.56 Å². The lowest BCUT2D eigenvalue weighted by atomic mass is 10.1. The van der Waals surface area contributed by atoms with Gasteiger partial charge in [0.2, 0.25) is 0 Å². The first-order valence-corrected chi connectivity index (χ1v) is 8.68. The van der Waals surface area contributed by atoms with E-state index in [2.05, 4.69) is 9.97 Å². The van der Waals surface area contributed by atoms with Crippen molar-refractivity contribution in [1.82, 2.24) is 9.97 Å². The molecule has 124 valence electrons. The van der Waals surface area contributed by atoms with E-state index < -0.39 is 0 Å². The fraction of sp³-hybridized carbons (Fsp3) is 0.188. The molecule has 0 unspecified atom stereocenters. The van der Waals surface area contributed by atoms with E-state index in [4.69, 9.17) is 33.7 Å². The number of aromatic nitrogens is 2. The van der Waals surface area contributed by atoms with Crippen LogP contribution in [0.2, 0.25) is 10.0 Å². The number of ether oxygens (including phenoxy) is 1. The number of nitrogen functional groups attached to an aromatic ring is 1. The molecule has 0 atom stereocenters. The van der Waals surface area contributed by atoms with Gasteiger partial charge in [0.1, 0.15) is 4.83 Å². The number of halogens is 2. The van der Waals surface area contributed by atoms with Gasteiger partial charge >= 0.3 is 6.01 Å². The molecule has 24 heavy (non-hydrogen) atoms. The van der Waals surface area contributed by atoms with Gasteiger partial charge in [-0.05, 0) is 19.1 Å². The van der Waals surface area contributed by atoms with Gasteiger partial charge in [-0.1, -0.05) is 29.3 Å². The molecule has 3 rings (SSSR count). The zero-order chi connectivity index (χ0) is 17.4. The van der Waals surface area contributed by atoms with Crippen LogP contribution in [0.5, 0.6) is 6.01 Å². The largest absolute Gasteiger partial charge is 0.464 e. The highest BCUT2D eigenvalue weighted by molar-refractivity contribution is 7.21. The fourth-order valence-corrected chi connectivity index (χ4v) is 3.59. The smallest absolute Gasteiger partial charge is 0.318 e. The van der Waals surface area contributed by atoms with Gasteiger partial charge in [-0.3, -0.25) is 4.79 Å². The standard InChI is InChI=1S/C16H13Cl2N3O2S/c1-3-23-16-20-13(8-4-5-9(17)10(18)6-8)11-12(19)14(7(2)22)24-15(11)21-16/h4-6H,3,19H2,1-2H3. The van der Waals surface area contributed by atoms with Crippen LogP contribution in [0.4, 0.5) is 5.69 Å². The number of hydrogen-bond acceptors (Lipinski definition) is 6.